The molecule has 0 saturated heterocycles. The van der Waals surface area contributed by atoms with Gasteiger partial charge in [-0.1, -0.05) is 6.07 Å². The van der Waals surface area contributed by atoms with E-state index in [2.05, 4.69) is 27.8 Å². The molecule has 0 aliphatic rings. The average molecular weight is 248 g/mol. The molecule has 90 valence electrons. The number of rotatable bonds is 6. The van der Waals surface area contributed by atoms with E-state index >= 15 is 0 Å². The Kier molecular flexibility index (Phi) is 4.53. The Labute approximate surface area is 105 Å². The first kappa shape index (κ1) is 12.1. The van der Waals surface area contributed by atoms with Crippen molar-refractivity contribution in [1.29, 1.82) is 0 Å². The van der Waals surface area contributed by atoms with Crippen LogP contribution in [0.15, 0.2) is 36.0 Å². The number of hydrogen-bond donors (Lipinski definition) is 1. The number of pyridine rings is 1. The van der Waals surface area contributed by atoms with Crippen LogP contribution in [0.1, 0.15) is 10.4 Å². The topological polar surface area (TPSA) is 34.2 Å². The molecule has 0 unspecified atom stereocenters. The zero-order valence-electron chi connectivity index (χ0n) is 9.85. The first-order chi connectivity index (χ1) is 8.40. The van der Waals surface area contributed by atoms with Crippen molar-refractivity contribution in [3.63, 3.8) is 0 Å². The Morgan fingerprint density at radius 3 is 3.12 bits per heavy atom. The molecule has 0 saturated carbocycles. The minimum absolute atomic E-state index is 0.697. The van der Waals surface area contributed by atoms with Crippen LogP contribution in [0.3, 0.4) is 0 Å². The highest BCUT2D eigenvalue weighted by Gasteiger charge is 2.02. The summed E-state index contributed by atoms with van der Waals surface area (Å²) in [6, 6.07) is 6.18. The predicted octanol–water partition coefficient (Wildman–Crippen LogP) is 2.48. The van der Waals surface area contributed by atoms with E-state index < -0.39 is 0 Å². The molecular weight excluding hydrogens is 232 g/mol. The van der Waals surface area contributed by atoms with Crippen molar-refractivity contribution in [3.05, 3.63) is 46.4 Å². The Balaban J connectivity index is 1.89. The van der Waals surface area contributed by atoms with Gasteiger partial charge in [0.2, 0.25) is 0 Å². The van der Waals surface area contributed by atoms with Crippen LogP contribution < -0.4 is 10.1 Å². The molecule has 2 rings (SSSR count). The number of nitrogens with zero attached hydrogens (tertiary/aromatic N) is 1. The highest BCUT2D eigenvalue weighted by molar-refractivity contribution is 7.09. The lowest BCUT2D eigenvalue weighted by atomic mass is 10.2. The van der Waals surface area contributed by atoms with E-state index in [1.807, 2.05) is 13.1 Å². The maximum Gasteiger partial charge on any atom is 0.142 e. The van der Waals surface area contributed by atoms with Gasteiger partial charge in [0.25, 0.3) is 0 Å². The maximum absolute atomic E-state index is 5.77. The van der Waals surface area contributed by atoms with E-state index in [0.717, 1.165) is 24.3 Å². The minimum atomic E-state index is 0.697. The van der Waals surface area contributed by atoms with Crippen molar-refractivity contribution >= 4 is 11.3 Å². The Bertz CT molecular complexity index is 442. The lowest BCUT2D eigenvalue weighted by Crippen LogP contribution is -2.09. The molecule has 0 fully saturated rings. The van der Waals surface area contributed by atoms with Gasteiger partial charge in [-0.2, -0.15) is 0 Å². The third-order valence-corrected chi connectivity index (χ3v) is 3.36. The fourth-order valence-corrected chi connectivity index (χ4v) is 2.28. The quantitative estimate of drug-likeness (QED) is 0.853. The molecule has 0 atom stereocenters. The van der Waals surface area contributed by atoms with Gasteiger partial charge >= 0.3 is 0 Å². The largest absolute Gasteiger partial charge is 0.491 e. The Morgan fingerprint density at radius 1 is 1.41 bits per heavy atom. The molecule has 17 heavy (non-hydrogen) atoms. The van der Waals surface area contributed by atoms with Gasteiger partial charge in [-0.25, -0.2) is 0 Å². The molecule has 0 aromatic carbocycles. The summed E-state index contributed by atoms with van der Waals surface area (Å²) >= 11 is 1.76. The van der Waals surface area contributed by atoms with E-state index in [0.29, 0.717) is 6.61 Å². The second-order valence-electron chi connectivity index (χ2n) is 3.69. The van der Waals surface area contributed by atoms with Crippen molar-refractivity contribution in [2.75, 3.05) is 13.7 Å². The molecule has 0 spiro atoms. The summed E-state index contributed by atoms with van der Waals surface area (Å²) in [5, 5.41) is 5.21. The molecule has 1 N–H and O–H groups in total. The smallest absolute Gasteiger partial charge is 0.142 e. The molecule has 2 aromatic rings. The molecule has 0 aliphatic heterocycles. The van der Waals surface area contributed by atoms with Gasteiger partial charge in [0, 0.05) is 29.6 Å². The van der Waals surface area contributed by atoms with E-state index in [4.69, 9.17) is 4.74 Å². The lowest BCUT2D eigenvalue weighted by molar-refractivity contribution is 0.317. The van der Waals surface area contributed by atoms with Crippen LogP contribution in [-0.2, 0) is 13.0 Å². The van der Waals surface area contributed by atoms with Gasteiger partial charge in [0.05, 0.1) is 12.8 Å². The molecule has 0 bridgehead atoms. The summed E-state index contributed by atoms with van der Waals surface area (Å²) in [4.78, 5) is 5.44. The molecule has 4 heteroatoms. The van der Waals surface area contributed by atoms with Gasteiger partial charge in [0.15, 0.2) is 0 Å². The second kappa shape index (κ2) is 6.37. The first-order valence-electron chi connectivity index (χ1n) is 5.63. The summed E-state index contributed by atoms with van der Waals surface area (Å²) in [5.41, 5.74) is 1.15. The van der Waals surface area contributed by atoms with E-state index in [1.54, 1.807) is 23.7 Å². The SMILES string of the molecule is CNCc1ccncc1OCCc1cccs1. The van der Waals surface area contributed by atoms with Crippen molar-refractivity contribution < 1.29 is 4.74 Å². The zero-order valence-corrected chi connectivity index (χ0v) is 10.7. The summed E-state index contributed by atoms with van der Waals surface area (Å²) in [6.45, 7) is 1.50. The van der Waals surface area contributed by atoms with Gasteiger partial charge in [-0.3, -0.25) is 4.98 Å². The average Bonchev–Trinajstić information content (AvgIpc) is 2.85. The maximum atomic E-state index is 5.77. The van der Waals surface area contributed by atoms with E-state index in [-0.39, 0.29) is 0 Å². The van der Waals surface area contributed by atoms with E-state index in [1.165, 1.54) is 4.88 Å². The van der Waals surface area contributed by atoms with Crippen LogP contribution in [0.5, 0.6) is 5.75 Å². The number of ether oxygens (including phenoxy) is 1. The minimum Gasteiger partial charge on any atom is -0.491 e. The number of thiophene rings is 1. The monoisotopic (exact) mass is 248 g/mol. The van der Waals surface area contributed by atoms with Crippen LogP contribution in [0.4, 0.5) is 0 Å². The van der Waals surface area contributed by atoms with Crippen molar-refractivity contribution in [2.45, 2.75) is 13.0 Å². The summed E-state index contributed by atoms with van der Waals surface area (Å²) in [6.07, 6.45) is 4.52. The molecule has 2 aromatic heterocycles. The number of aromatic nitrogens is 1. The van der Waals surface area contributed by atoms with Gasteiger partial charge in [0.1, 0.15) is 5.75 Å². The molecule has 0 radical (unpaired) electrons. The Hall–Kier alpha value is -1.39. The molecule has 2 heterocycles. The number of hydrogen-bond acceptors (Lipinski definition) is 4. The normalized spacial score (nSPS) is 10.4. The van der Waals surface area contributed by atoms with Crippen molar-refractivity contribution in [2.24, 2.45) is 0 Å². The number of nitrogens with one attached hydrogen (secondary N) is 1. The highest BCUT2D eigenvalue weighted by atomic mass is 32.1. The molecule has 0 aliphatic carbocycles. The summed E-state index contributed by atoms with van der Waals surface area (Å²) in [7, 11) is 1.93. The van der Waals surface area contributed by atoms with Crippen LogP contribution in [0.2, 0.25) is 0 Å². The van der Waals surface area contributed by atoms with Gasteiger partial charge < -0.3 is 10.1 Å². The van der Waals surface area contributed by atoms with Crippen LogP contribution in [0, 0.1) is 0 Å². The Morgan fingerprint density at radius 2 is 2.35 bits per heavy atom. The third kappa shape index (κ3) is 3.54. The van der Waals surface area contributed by atoms with Crippen molar-refractivity contribution in [1.82, 2.24) is 10.3 Å². The second-order valence-corrected chi connectivity index (χ2v) is 4.72. The predicted molar refractivity (Wildman–Crippen MR) is 70.5 cm³/mol. The van der Waals surface area contributed by atoms with Gasteiger partial charge in [-0.05, 0) is 24.6 Å². The highest BCUT2D eigenvalue weighted by Crippen LogP contribution is 2.17. The van der Waals surface area contributed by atoms with Crippen molar-refractivity contribution in [3.8, 4) is 5.75 Å². The lowest BCUT2D eigenvalue weighted by Gasteiger charge is -2.09. The fourth-order valence-electron chi connectivity index (χ4n) is 1.59. The fraction of sp³-hybridized carbons (Fsp3) is 0.308. The van der Waals surface area contributed by atoms with Crippen LogP contribution in [0.25, 0.3) is 0 Å². The van der Waals surface area contributed by atoms with Crippen LogP contribution in [-0.4, -0.2) is 18.6 Å². The summed E-state index contributed by atoms with van der Waals surface area (Å²) in [5.74, 6) is 0.874. The molecule has 0 amide bonds. The van der Waals surface area contributed by atoms with Gasteiger partial charge in [-0.15, -0.1) is 11.3 Å². The molecular formula is C13H16N2OS. The van der Waals surface area contributed by atoms with E-state index in [9.17, 15) is 0 Å². The van der Waals surface area contributed by atoms with Crippen LogP contribution >= 0.6 is 11.3 Å². The molecule has 3 nitrogen and oxygen atoms in total. The summed E-state index contributed by atoms with van der Waals surface area (Å²) < 4.78 is 5.77. The zero-order chi connectivity index (χ0) is 11.9. The standard InChI is InChI=1S/C13H16N2OS/c1-14-9-11-4-6-15-10-13(11)16-7-5-12-3-2-8-17-12/h2-4,6,8,10,14H,5,7,9H2,1H3. The third-order valence-electron chi connectivity index (χ3n) is 2.42. The first-order valence-corrected chi connectivity index (χ1v) is 6.51.